The van der Waals surface area contributed by atoms with Crippen LogP contribution in [0.5, 0.6) is 0 Å². The Kier molecular flexibility index (Phi) is 32.2. The van der Waals surface area contributed by atoms with Crippen molar-refractivity contribution in [3.8, 4) is 0 Å². The second-order valence-electron chi connectivity index (χ2n) is 11.7. The molecule has 0 heterocycles. The highest BCUT2D eigenvalue weighted by atomic mass is 16.5. The molecule has 39 heavy (non-hydrogen) atoms. The van der Waals surface area contributed by atoms with E-state index in [4.69, 9.17) is 4.74 Å². The van der Waals surface area contributed by atoms with E-state index in [9.17, 15) is 9.90 Å². The van der Waals surface area contributed by atoms with E-state index < -0.39 is 0 Å². The molecule has 0 aliphatic rings. The highest BCUT2D eigenvalue weighted by Gasteiger charge is 2.03. The molecule has 0 rings (SSSR count). The maximum atomic E-state index is 11.9. The Morgan fingerprint density at radius 1 is 0.564 bits per heavy atom. The van der Waals surface area contributed by atoms with Crippen molar-refractivity contribution in [3.05, 3.63) is 24.3 Å². The summed E-state index contributed by atoms with van der Waals surface area (Å²) in [6.45, 7) is 5.09. The smallest absolute Gasteiger partial charge is 0.305 e. The molecule has 0 unspecified atom stereocenters. The summed E-state index contributed by atoms with van der Waals surface area (Å²) >= 11 is 0. The van der Waals surface area contributed by atoms with Gasteiger partial charge in [-0.2, -0.15) is 0 Å². The molecule has 0 aromatic heterocycles. The van der Waals surface area contributed by atoms with Crippen LogP contribution in [-0.2, 0) is 9.53 Å². The van der Waals surface area contributed by atoms with Gasteiger partial charge in [0.2, 0.25) is 0 Å². The molecule has 1 N–H and O–H groups in total. The first-order valence-corrected chi connectivity index (χ1v) is 17.3. The van der Waals surface area contributed by atoms with Crippen LogP contribution in [0.1, 0.15) is 187 Å². The number of ether oxygens (including phenoxy) is 1. The molecule has 3 nitrogen and oxygen atoms in total. The minimum atomic E-state index is -0.167. The third kappa shape index (κ3) is 33.0. The number of aliphatic hydroxyl groups excluding tert-OH is 1. The molecule has 0 aromatic rings. The monoisotopic (exact) mass is 549 g/mol. The van der Waals surface area contributed by atoms with Crippen LogP contribution in [0.25, 0.3) is 0 Å². The normalized spacial score (nSPS) is 12.6. The standard InChI is InChI=1S/C36H68O3/c1-3-5-7-9-10-11-12-13-14-15-16-17-20-23-26-30-34-39-36(38)33-29-25-22-19-18-21-24-28-32-35(37)31-27-8-6-4-2/h13-14,24,28,35,37H,3-12,15-23,25-27,29-34H2,1-2H3/b14-13+,28-24-/t35-/m1/s1. The van der Waals surface area contributed by atoms with Crippen molar-refractivity contribution in [2.45, 2.75) is 193 Å². The molecule has 0 saturated heterocycles. The molecule has 0 fully saturated rings. The Labute approximate surface area is 244 Å². The molecule has 1 atom stereocenters. The lowest BCUT2D eigenvalue weighted by atomic mass is 10.1. The molecule has 0 aliphatic heterocycles. The molecule has 0 spiro atoms. The summed E-state index contributed by atoms with van der Waals surface area (Å²) in [5.41, 5.74) is 0. The van der Waals surface area contributed by atoms with Crippen LogP contribution in [0.3, 0.4) is 0 Å². The fourth-order valence-electron chi connectivity index (χ4n) is 4.97. The van der Waals surface area contributed by atoms with Crippen molar-refractivity contribution in [3.63, 3.8) is 0 Å². The number of allylic oxidation sites excluding steroid dienone is 3. The van der Waals surface area contributed by atoms with Gasteiger partial charge in [0.05, 0.1) is 12.7 Å². The number of hydrogen-bond acceptors (Lipinski definition) is 3. The molecule has 3 heteroatoms. The predicted molar refractivity (Wildman–Crippen MR) is 171 cm³/mol. The lowest BCUT2D eigenvalue weighted by Gasteiger charge is -2.07. The number of carbonyl (C=O) groups is 1. The molecule has 0 saturated carbocycles. The number of hydrogen-bond donors (Lipinski definition) is 1. The van der Waals surface area contributed by atoms with Gasteiger partial charge in [-0.15, -0.1) is 0 Å². The van der Waals surface area contributed by atoms with E-state index in [1.54, 1.807) is 0 Å². The van der Waals surface area contributed by atoms with Crippen LogP contribution in [0.4, 0.5) is 0 Å². The van der Waals surface area contributed by atoms with E-state index in [0.29, 0.717) is 13.0 Å². The maximum Gasteiger partial charge on any atom is 0.305 e. The van der Waals surface area contributed by atoms with E-state index in [1.165, 1.54) is 122 Å². The first kappa shape index (κ1) is 37.9. The fourth-order valence-corrected chi connectivity index (χ4v) is 4.97. The van der Waals surface area contributed by atoms with E-state index in [-0.39, 0.29) is 12.1 Å². The van der Waals surface area contributed by atoms with Gasteiger partial charge in [0.1, 0.15) is 0 Å². The Hall–Kier alpha value is -1.09. The lowest BCUT2D eigenvalue weighted by Crippen LogP contribution is -2.05. The lowest BCUT2D eigenvalue weighted by molar-refractivity contribution is -0.143. The fraction of sp³-hybridized carbons (Fsp3) is 0.861. The van der Waals surface area contributed by atoms with Crippen molar-refractivity contribution < 1.29 is 14.6 Å². The topological polar surface area (TPSA) is 46.5 Å². The van der Waals surface area contributed by atoms with Crippen molar-refractivity contribution in [2.24, 2.45) is 0 Å². The van der Waals surface area contributed by atoms with E-state index in [1.807, 2.05) is 0 Å². The largest absolute Gasteiger partial charge is 0.466 e. The van der Waals surface area contributed by atoms with Gasteiger partial charge in [-0.05, 0) is 64.2 Å². The summed E-state index contributed by atoms with van der Waals surface area (Å²) < 4.78 is 5.41. The van der Waals surface area contributed by atoms with Gasteiger partial charge >= 0.3 is 5.97 Å². The minimum Gasteiger partial charge on any atom is -0.466 e. The predicted octanol–water partition coefficient (Wildman–Crippen LogP) is 11.6. The van der Waals surface area contributed by atoms with Crippen molar-refractivity contribution in [1.82, 2.24) is 0 Å². The van der Waals surface area contributed by atoms with Crippen molar-refractivity contribution in [2.75, 3.05) is 6.61 Å². The zero-order valence-corrected chi connectivity index (χ0v) is 26.4. The second-order valence-corrected chi connectivity index (χ2v) is 11.7. The Bertz CT molecular complexity index is 539. The van der Waals surface area contributed by atoms with Gasteiger partial charge in [0.15, 0.2) is 0 Å². The average molecular weight is 549 g/mol. The summed E-state index contributed by atoms with van der Waals surface area (Å²) in [4.78, 5) is 11.9. The SMILES string of the molecule is CCCCCCCC/C=C/CCCCCCCCOC(=O)CCCCCCC/C=C\C[C@H](O)CCCCCC. The summed E-state index contributed by atoms with van der Waals surface area (Å²) in [6, 6.07) is 0. The molecule has 0 aromatic carbocycles. The Morgan fingerprint density at radius 2 is 1.00 bits per heavy atom. The summed E-state index contributed by atoms with van der Waals surface area (Å²) in [6.07, 6.45) is 41.1. The van der Waals surface area contributed by atoms with Crippen molar-refractivity contribution >= 4 is 5.97 Å². The zero-order chi connectivity index (χ0) is 28.5. The zero-order valence-electron chi connectivity index (χ0n) is 26.4. The van der Waals surface area contributed by atoms with Crippen LogP contribution in [-0.4, -0.2) is 23.8 Å². The highest BCUT2D eigenvalue weighted by molar-refractivity contribution is 5.69. The van der Waals surface area contributed by atoms with Crippen LogP contribution >= 0.6 is 0 Å². The van der Waals surface area contributed by atoms with Gasteiger partial charge < -0.3 is 9.84 Å². The van der Waals surface area contributed by atoms with E-state index >= 15 is 0 Å². The van der Waals surface area contributed by atoms with Gasteiger partial charge in [-0.1, -0.05) is 141 Å². The second kappa shape index (κ2) is 33.1. The van der Waals surface area contributed by atoms with E-state index in [2.05, 4.69) is 38.2 Å². The molecule has 0 bridgehead atoms. The summed E-state index contributed by atoms with van der Waals surface area (Å²) in [7, 11) is 0. The molecular weight excluding hydrogens is 480 g/mol. The maximum absolute atomic E-state index is 11.9. The third-order valence-electron chi connectivity index (χ3n) is 7.64. The van der Waals surface area contributed by atoms with Gasteiger partial charge in [-0.25, -0.2) is 0 Å². The van der Waals surface area contributed by atoms with Crippen molar-refractivity contribution in [1.29, 1.82) is 0 Å². The van der Waals surface area contributed by atoms with Gasteiger partial charge in [-0.3, -0.25) is 4.79 Å². The van der Waals surface area contributed by atoms with Gasteiger partial charge in [0, 0.05) is 6.42 Å². The highest BCUT2D eigenvalue weighted by Crippen LogP contribution is 2.12. The van der Waals surface area contributed by atoms with E-state index in [0.717, 1.165) is 44.9 Å². The van der Waals surface area contributed by atoms with Crippen LogP contribution < -0.4 is 0 Å². The summed E-state index contributed by atoms with van der Waals surface area (Å²) in [5.74, 6) is -0.0149. The third-order valence-corrected chi connectivity index (χ3v) is 7.64. The average Bonchev–Trinajstić information content (AvgIpc) is 2.93. The Morgan fingerprint density at radius 3 is 1.56 bits per heavy atom. The molecule has 0 amide bonds. The van der Waals surface area contributed by atoms with Crippen LogP contribution in [0, 0.1) is 0 Å². The molecular formula is C36H68O3. The molecule has 0 aliphatic carbocycles. The Balaban J connectivity index is 3.29. The number of esters is 1. The summed E-state index contributed by atoms with van der Waals surface area (Å²) in [5, 5.41) is 9.98. The number of carbonyl (C=O) groups excluding carboxylic acids is 1. The minimum absolute atomic E-state index is 0.0149. The van der Waals surface area contributed by atoms with Gasteiger partial charge in [0.25, 0.3) is 0 Å². The number of unbranched alkanes of at least 4 members (excludes halogenated alkanes) is 20. The van der Waals surface area contributed by atoms with Crippen LogP contribution in [0.15, 0.2) is 24.3 Å². The molecule has 0 radical (unpaired) electrons. The quantitative estimate of drug-likeness (QED) is 0.0532. The first-order chi connectivity index (χ1) is 19.2. The first-order valence-electron chi connectivity index (χ1n) is 17.3. The number of rotatable bonds is 31. The molecule has 230 valence electrons. The number of aliphatic hydroxyl groups is 1. The van der Waals surface area contributed by atoms with Crippen LogP contribution in [0.2, 0.25) is 0 Å².